The monoisotopic (exact) mass is 354 g/mol. The van der Waals surface area contributed by atoms with E-state index in [4.69, 9.17) is 13.7 Å². The fourth-order valence-corrected chi connectivity index (χ4v) is 2.30. The van der Waals surface area contributed by atoms with Gasteiger partial charge in [0.1, 0.15) is 29.8 Å². The Bertz CT molecular complexity index is 1010. The zero-order valence-electron chi connectivity index (χ0n) is 13.4. The number of aromatic nitrogens is 2. The van der Waals surface area contributed by atoms with E-state index in [1.165, 1.54) is 36.4 Å². The molecule has 0 saturated heterocycles. The normalized spacial score (nSPS) is 10.8. The van der Waals surface area contributed by atoms with Gasteiger partial charge in [-0.15, -0.1) is 0 Å². The van der Waals surface area contributed by atoms with Crippen LogP contribution in [0.25, 0.3) is 23.0 Å². The van der Waals surface area contributed by atoms with Crippen LogP contribution in [0.5, 0.6) is 5.75 Å². The van der Waals surface area contributed by atoms with Gasteiger partial charge in [-0.3, -0.25) is 0 Å². The average Bonchev–Trinajstić information content (AvgIpc) is 3.31. The molecular formula is C19H12F2N2O3. The smallest absolute Gasteiger partial charge is 0.293 e. The molecule has 4 aromatic rings. The van der Waals surface area contributed by atoms with Crippen molar-refractivity contribution in [2.45, 2.75) is 6.61 Å². The highest BCUT2D eigenvalue weighted by molar-refractivity contribution is 5.57. The molecule has 4 rings (SSSR count). The Balaban J connectivity index is 1.46. The summed E-state index contributed by atoms with van der Waals surface area (Å²) in [6.07, 6.45) is 0. The molecule has 2 aromatic carbocycles. The molecule has 2 aromatic heterocycles. The van der Waals surface area contributed by atoms with Gasteiger partial charge in [-0.2, -0.15) is 4.98 Å². The van der Waals surface area contributed by atoms with Crippen LogP contribution in [0, 0.1) is 11.6 Å². The van der Waals surface area contributed by atoms with Gasteiger partial charge in [0.25, 0.3) is 5.89 Å². The van der Waals surface area contributed by atoms with Gasteiger partial charge < -0.3 is 13.7 Å². The Labute approximate surface area is 146 Å². The molecule has 130 valence electrons. The molecule has 0 atom stereocenters. The molecule has 0 aliphatic rings. The third-order valence-electron chi connectivity index (χ3n) is 3.60. The number of hydrogen-bond acceptors (Lipinski definition) is 5. The minimum Gasteiger partial charge on any atom is -0.486 e. The molecule has 0 saturated carbocycles. The highest BCUT2D eigenvalue weighted by Crippen LogP contribution is 2.25. The highest BCUT2D eigenvalue weighted by atomic mass is 19.1. The minimum atomic E-state index is -0.339. The number of ether oxygens (including phenoxy) is 1. The number of rotatable bonds is 5. The van der Waals surface area contributed by atoms with Crippen LogP contribution in [-0.4, -0.2) is 10.1 Å². The maximum atomic E-state index is 13.0. The molecule has 5 nitrogen and oxygen atoms in total. The van der Waals surface area contributed by atoms with Gasteiger partial charge in [-0.05, 0) is 60.7 Å². The SMILES string of the molecule is Fc1ccc(OCc2ccc(-c3nc(-c4ccc(F)cc4)no3)o2)cc1. The van der Waals surface area contributed by atoms with Crippen molar-refractivity contribution in [1.82, 2.24) is 10.1 Å². The zero-order valence-corrected chi connectivity index (χ0v) is 13.4. The summed E-state index contributed by atoms with van der Waals surface area (Å²) in [5.74, 6) is 1.34. The zero-order chi connectivity index (χ0) is 17.9. The maximum absolute atomic E-state index is 13.0. The van der Waals surface area contributed by atoms with Crippen molar-refractivity contribution in [3.63, 3.8) is 0 Å². The van der Waals surface area contributed by atoms with Gasteiger partial charge in [0.05, 0.1) is 0 Å². The second-order valence-electron chi connectivity index (χ2n) is 5.44. The number of hydrogen-bond donors (Lipinski definition) is 0. The Morgan fingerprint density at radius 3 is 2.27 bits per heavy atom. The summed E-state index contributed by atoms with van der Waals surface area (Å²) in [6, 6.07) is 14.9. The van der Waals surface area contributed by atoms with Crippen molar-refractivity contribution in [2.24, 2.45) is 0 Å². The standard InChI is InChI=1S/C19H12F2N2O3/c20-13-3-1-12(2-4-13)18-22-19(26-23-18)17-10-9-16(25-17)11-24-15-7-5-14(21)6-8-15/h1-10H,11H2. The predicted octanol–water partition coefficient (Wildman–Crippen LogP) is 4.85. The second-order valence-corrected chi connectivity index (χ2v) is 5.44. The summed E-state index contributed by atoms with van der Waals surface area (Å²) in [5, 5.41) is 3.87. The lowest BCUT2D eigenvalue weighted by Gasteiger charge is -2.03. The van der Waals surface area contributed by atoms with Crippen LogP contribution >= 0.6 is 0 Å². The fraction of sp³-hybridized carbons (Fsp3) is 0.0526. The van der Waals surface area contributed by atoms with Gasteiger partial charge in [0.2, 0.25) is 5.82 Å². The molecule has 0 fully saturated rings. The molecule has 2 heterocycles. The molecule has 7 heteroatoms. The molecule has 26 heavy (non-hydrogen) atoms. The van der Waals surface area contributed by atoms with Crippen molar-refractivity contribution in [3.8, 4) is 28.8 Å². The molecule has 0 spiro atoms. The van der Waals surface area contributed by atoms with E-state index in [1.807, 2.05) is 0 Å². The third-order valence-corrected chi connectivity index (χ3v) is 3.60. The van der Waals surface area contributed by atoms with Crippen LogP contribution in [0.2, 0.25) is 0 Å². The van der Waals surface area contributed by atoms with E-state index in [-0.39, 0.29) is 24.1 Å². The first-order chi connectivity index (χ1) is 12.7. The van der Waals surface area contributed by atoms with Gasteiger partial charge >= 0.3 is 0 Å². The maximum Gasteiger partial charge on any atom is 0.293 e. The highest BCUT2D eigenvalue weighted by Gasteiger charge is 2.14. The summed E-state index contributed by atoms with van der Waals surface area (Å²) in [6.45, 7) is 0.171. The molecule has 0 radical (unpaired) electrons. The lowest BCUT2D eigenvalue weighted by atomic mass is 10.2. The van der Waals surface area contributed by atoms with Gasteiger partial charge in [0, 0.05) is 5.56 Å². The van der Waals surface area contributed by atoms with Gasteiger partial charge in [-0.1, -0.05) is 5.16 Å². The first-order valence-corrected chi connectivity index (χ1v) is 7.74. The van der Waals surface area contributed by atoms with Crippen molar-refractivity contribution >= 4 is 0 Å². The van der Waals surface area contributed by atoms with Crippen molar-refractivity contribution in [1.29, 1.82) is 0 Å². The molecular weight excluding hydrogens is 342 g/mol. The number of furan rings is 1. The summed E-state index contributed by atoms with van der Waals surface area (Å²) in [4.78, 5) is 4.25. The largest absolute Gasteiger partial charge is 0.486 e. The third kappa shape index (κ3) is 3.46. The van der Waals surface area contributed by atoms with E-state index in [9.17, 15) is 8.78 Å². The van der Waals surface area contributed by atoms with Crippen LogP contribution in [-0.2, 0) is 6.61 Å². The van der Waals surface area contributed by atoms with E-state index < -0.39 is 0 Å². The molecule has 0 unspecified atom stereocenters. The first-order valence-electron chi connectivity index (χ1n) is 7.74. The average molecular weight is 354 g/mol. The predicted molar refractivity (Wildman–Crippen MR) is 88.1 cm³/mol. The van der Waals surface area contributed by atoms with Crippen molar-refractivity contribution < 1.29 is 22.5 Å². The van der Waals surface area contributed by atoms with Crippen molar-refractivity contribution in [2.75, 3.05) is 0 Å². The minimum absolute atomic E-state index is 0.171. The fourth-order valence-electron chi connectivity index (χ4n) is 2.30. The lowest BCUT2D eigenvalue weighted by molar-refractivity contribution is 0.270. The number of nitrogens with zero attached hydrogens (tertiary/aromatic N) is 2. The summed E-state index contributed by atoms with van der Waals surface area (Å²) in [5.41, 5.74) is 0.632. The first kappa shape index (κ1) is 16.0. The molecule has 0 aliphatic heterocycles. The summed E-state index contributed by atoms with van der Waals surface area (Å²) < 4.78 is 42.2. The Morgan fingerprint density at radius 2 is 1.54 bits per heavy atom. The van der Waals surface area contributed by atoms with Gasteiger partial charge in [0.15, 0.2) is 5.76 Å². The van der Waals surface area contributed by atoms with E-state index in [0.29, 0.717) is 28.7 Å². The second kappa shape index (κ2) is 6.79. The van der Waals surface area contributed by atoms with E-state index in [2.05, 4.69) is 10.1 Å². The topological polar surface area (TPSA) is 61.3 Å². The van der Waals surface area contributed by atoms with Crippen LogP contribution in [0.1, 0.15) is 5.76 Å². The molecule has 0 N–H and O–H groups in total. The Morgan fingerprint density at radius 1 is 0.846 bits per heavy atom. The van der Waals surface area contributed by atoms with Crippen LogP contribution in [0.15, 0.2) is 69.6 Å². The van der Waals surface area contributed by atoms with Crippen molar-refractivity contribution in [3.05, 3.63) is 78.1 Å². The molecule has 0 amide bonds. The van der Waals surface area contributed by atoms with Gasteiger partial charge in [-0.25, -0.2) is 8.78 Å². The summed E-state index contributed by atoms with van der Waals surface area (Å²) in [7, 11) is 0. The Hall–Kier alpha value is -3.48. The van der Waals surface area contributed by atoms with E-state index in [0.717, 1.165) is 0 Å². The van der Waals surface area contributed by atoms with Crippen LogP contribution < -0.4 is 4.74 Å². The molecule has 0 bridgehead atoms. The van der Waals surface area contributed by atoms with E-state index in [1.54, 1.807) is 24.3 Å². The lowest BCUT2D eigenvalue weighted by Crippen LogP contribution is -1.93. The van der Waals surface area contributed by atoms with Crippen LogP contribution in [0.4, 0.5) is 8.78 Å². The number of benzene rings is 2. The van der Waals surface area contributed by atoms with Crippen LogP contribution in [0.3, 0.4) is 0 Å². The van der Waals surface area contributed by atoms with E-state index >= 15 is 0 Å². The summed E-state index contributed by atoms with van der Waals surface area (Å²) >= 11 is 0. The molecule has 0 aliphatic carbocycles. The Kier molecular flexibility index (Phi) is 4.18. The number of halogens is 2. The quantitative estimate of drug-likeness (QED) is 0.512.